The summed E-state index contributed by atoms with van der Waals surface area (Å²) in [6.45, 7) is 0. The number of nitrogens with zero attached hydrogens (tertiary/aromatic N) is 4. The Labute approximate surface area is 151 Å². The number of anilines is 1. The molecule has 0 aliphatic carbocycles. The normalized spacial score (nSPS) is 12.1. The molecule has 0 aliphatic heterocycles. The second-order valence-corrected chi connectivity index (χ2v) is 5.99. The summed E-state index contributed by atoms with van der Waals surface area (Å²) >= 11 is 0. The van der Waals surface area contributed by atoms with Crippen molar-refractivity contribution in [1.29, 1.82) is 0 Å². The van der Waals surface area contributed by atoms with Gasteiger partial charge in [-0.1, -0.05) is 24.3 Å². The van der Waals surface area contributed by atoms with E-state index in [9.17, 15) is 0 Å². The van der Waals surface area contributed by atoms with E-state index in [0.29, 0.717) is 5.82 Å². The third-order valence-corrected chi connectivity index (χ3v) is 4.28. The lowest BCUT2D eigenvalue weighted by Gasteiger charge is -2.20. The molecule has 0 spiro atoms. The van der Waals surface area contributed by atoms with Crippen molar-refractivity contribution in [3.05, 3.63) is 78.5 Å². The number of rotatable bonds is 5. The first-order valence-corrected chi connectivity index (χ1v) is 8.34. The fourth-order valence-electron chi connectivity index (χ4n) is 2.95. The number of para-hydroxylation sites is 2. The van der Waals surface area contributed by atoms with E-state index in [1.165, 1.54) is 0 Å². The van der Waals surface area contributed by atoms with Crippen molar-refractivity contribution in [1.82, 2.24) is 19.5 Å². The predicted molar refractivity (Wildman–Crippen MR) is 101 cm³/mol. The molecule has 0 saturated carbocycles. The van der Waals surface area contributed by atoms with Gasteiger partial charge in [0.15, 0.2) is 0 Å². The van der Waals surface area contributed by atoms with Gasteiger partial charge >= 0.3 is 0 Å². The highest BCUT2D eigenvalue weighted by Gasteiger charge is 2.19. The Morgan fingerprint density at radius 1 is 1.04 bits per heavy atom. The number of hydrogen-bond acceptors (Lipinski definition) is 5. The summed E-state index contributed by atoms with van der Waals surface area (Å²) in [7, 11) is 3.64. The minimum absolute atomic E-state index is 0.180. The van der Waals surface area contributed by atoms with Crippen LogP contribution in [0.5, 0.6) is 5.75 Å². The summed E-state index contributed by atoms with van der Waals surface area (Å²) in [5.41, 5.74) is 2.75. The fourth-order valence-corrected chi connectivity index (χ4v) is 2.95. The van der Waals surface area contributed by atoms with Gasteiger partial charge in [0.2, 0.25) is 0 Å². The first-order chi connectivity index (χ1) is 12.7. The average molecular weight is 345 g/mol. The smallest absolute Gasteiger partial charge is 0.146 e. The molecule has 2 heterocycles. The van der Waals surface area contributed by atoms with Crippen LogP contribution in [0.4, 0.5) is 5.82 Å². The lowest BCUT2D eigenvalue weighted by atomic mass is 10.1. The SMILES string of the molecule is COc1cccc(C(Nc2cnc3ccccc3n2)c2nccn2C)c1. The van der Waals surface area contributed by atoms with Gasteiger partial charge in [0.1, 0.15) is 23.4 Å². The number of hydrogen-bond donors (Lipinski definition) is 1. The molecule has 26 heavy (non-hydrogen) atoms. The zero-order chi connectivity index (χ0) is 17.9. The number of benzene rings is 2. The third kappa shape index (κ3) is 3.09. The quantitative estimate of drug-likeness (QED) is 0.599. The summed E-state index contributed by atoms with van der Waals surface area (Å²) in [5, 5.41) is 3.47. The second-order valence-electron chi connectivity index (χ2n) is 5.99. The van der Waals surface area contributed by atoms with Crippen LogP contribution in [-0.4, -0.2) is 26.6 Å². The van der Waals surface area contributed by atoms with Crippen LogP contribution in [0.1, 0.15) is 17.4 Å². The standard InChI is InChI=1S/C20H19N5O/c1-25-11-10-21-20(25)19(14-6-5-7-15(12-14)26-2)24-18-13-22-16-8-3-4-9-17(16)23-18/h3-13,19H,1-2H3,(H,23,24). The Hall–Kier alpha value is -3.41. The van der Waals surface area contributed by atoms with Gasteiger partial charge < -0.3 is 14.6 Å². The molecule has 1 atom stereocenters. The molecule has 6 heteroatoms. The maximum Gasteiger partial charge on any atom is 0.146 e. The fraction of sp³-hybridized carbons (Fsp3) is 0.150. The van der Waals surface area contributed by atoms with Gasteiger partial charge in [0.05, 0.1) is 24.3 Å². The molecule has 0 aliphatic rings. The van der Waals surface area contributed by atoms with E-state index in [1.54, 1.807) is 19.5 Å². The minimum Gasteiger partial charge on any atom is -0.497 e. The number of aromatic nitrogens is 4. The molecule has 4 aromatic rings. The van der Waals surface area contributed by atoms with E-state index in [-0.39, 0.29) is 6.04 Å². The second kappa shape index (κ2) is 6.84. The van der Waals surface area contributed by atoms with Crippen molar-refractivity contribution in [2.45, 2.75) is 6.04 Å². The van der Waals surface area contributed by atoms with Crippen molar-refractivity contribution in [2.24, 2.45) is 7.05 Å². The number of methoxy groups -OCH3 is 1. The zero-order valence-electron chi connectivity index (χ0n) is 14.6. The third-order valence-electron chi connectivity index (χ3n) is 4.28. The molecule has 2 aromatic heterocycles. The summed E-state index contributed by atoms with van der Waals surface area (Å²) in [6.07, 6.45) is 5.46. The van der Waals surface area contributed by atoms with Crippen LogP contribution in [0.25, 0.3) is 11.0 Å². The Morgan fingerprint density at radius 3 is 2.65 bits per heavy atom. The van der Waals surface area contributed by atoms with E-state index < -0.39 is 0 Å². The summed E-state index contributed by atoms with van der Waals surface area (Å²) in [6, 6.07) is 15.6. The first-order valence-electron chi connectivity index (χ1n) is 8.34. The van der Waals surface area contributed by atoms with Gasteiger partial charge in [-0.2, -0.15) is 0 Å². The van der Waals surface area contributed by atoms with Crippen molar-refractivity contribution in [3.63, 3.8) is 0 Å². The molecule has 6 nitrogen and oxygen atoms in total. The van der Waals surface area contributed by atoms with E-state index in [4.69, 9.17) is 4.74 Å². The van der Waals surface area contributed by atoms with Crippen molar-refractivity contribution < 1.29 is 4.74 Å². The lowest BCUT2D eigenvalue weighted by Crippen LogP contribution is -2.17. The molecule has 0 radical (unpaired) electrons. The summed E-state index contributed by atoms with van der Waals surface area (Å²) in [4.78, 5) is 13.7. The van der Waals surface area contributed by atoms with Gasteiger partial charge in [-0.15, -0.1) is 0 Å². The molecular weight excluding hydrogens is 326 g/mol. The molecule has 2 aromatic carbocycles. The van der Waals surface area contributed by atoms with Gasteiger partial charge in [-0.25, -0.2) is 9.97 Å². The number of nitrogens with one attached hydrogen (secondary N) is 1. The minimum atomic E-state index is -0.180. The van der Waals surface area contributed by atoms with Gasteiger partial charge in [0, 0.05) is 19.4 Å². The highest BCUT2D eigenvalue weighted by Crippen LogP contribution is 2.27. The van der Waals surface area contributed by atoms with Crippen LogP contribution in [-0.2, 0) is 7.05 Å². The zero-order valence-corrected chi connectivity index (χ0v) is 14.6. The molecule has 1 unspecified atom stereocenters. The predicted octanol–water partition coefficient (Wildman–Crippen LogP) is 3.57. The molecule has 1 N–H and O–H groups in total. The van der Waals surface area contributed by atoms with Gasteiger partial charge in [-0.3, -0.25) is 4.98 Å². The maximum atomic E-state index is 5.38. The number of ether oxygens (including phenoxy) is 1. The molecular formula is C20H19N5O. The first kappa shape index (κ1) is 16.1. The molecule has 0 fully saturated rings. The van der Waals surface area contributed by atoms with Crippen LogP contribution >= 0.6 is 0 Å². The molecule has 0 amide bonds. The van der Waals surface area contributed by atoms with Crippen LogP contribution in [0.2, 0.25) is 0 Å². The maximum absolute atomic E-state index is 5.38. The van der Waals surface area contributed by atoms with E-state index in [2.05, 4.69) is 20.3 Å². The van der Waals surface area contributed by atoms with E-state index in [1.807, 2.05) is 66.3 Å². The van der Waals surface area contributed by atoms with E-state index in [0.717, 1.165) is 28.2 Å². The van der Waals surface area contributed by atoms with Crippen LogP contribution in [0.15, 0.2) is 67.1 Å². The van der Waals surface area contributed by atoms with Crippen LogP contribution in [0.3, 0.4) is 0 Å². The Kier molecular flexibility index (Phi) is 4.23. The lowest BCUT2D eigenvalue weighted by molar-refractivity contribution is 0.414. The van der Waals surface area contributed by atoms with Crippen LogP contribution < -0.4 is 10.1 Å². The number of fused-ring (bicyclic) bond motifs is 1. The largest absolute Gasteiger partial charge is 0.497 e. The summed E-state index contributed by atoms with van der Waals surface area (Å²) < 4.78 is 7.37. The monoisotopic (exact) mass is 345 g/mol. The molecule has 130 valence electrons. The van der Waals surface area contributed by atoms with Gasteiger partial charge in [0.25, 0.3) is 0 Å². The Bertz CT molecular complexity index is 1040. The van der Waals surface area contributed by atoms with E-state index >= 15 is 0 Å². The Morgan fingerprint density at radius 2 is 1.88 bits per heavy atom. The molecule has 4 rings (SSSR count). The van der Waals surface area contributed by atoms with Crippen molar-refractivity contribution in [2.75, 3.05) is 12.4 Å². The molecule has 0 bridgehead atoms. The van der Waals surface area contributed by atoms with Crippen LogP contribution in [0, 0.1) is 0 Å². The number of imidazole rings is 1. The van der Waals surface area contributed by atoms with Crippen molar-refractivity contribution in [3.8, 4) is 5.75 Å². The summed E-state index contributed by atoms with van der Waals surface area (Å²) in [5.74, 6) is 2.38. The highest BCUT2D eigenvalue weighted by atomic mass is 16.5. The highest BCUT2D eigenvalue weighted by molar-refractivity contribution is 5.75. The number of aryl methyl sites for hydroxylation is 1. The Balaban J connectivity index is 1.75. The molecule has 0 saturated heterocycles. The van der Waals surface area contributed by atoms with Gasteiger partial charge in [-0.05, 0) is 29.8 Å². The average Bonchev–Trinajstić information content (AvgIpc) is 3.11. The van der Waals surface area contributed by atoms with Crippen molar-refractivity contribution >= 4 is 16.9 Å². The topological polar surface area (TPSA) is 64.9 Å².